The second-order valence-corrected chi connectivity index (χ2v) is 6.00. The average molecular weight is 303 g/mol. The number of fused-ring (bicyclic) bond motifs is 1. The molecule has 21 heavy (non-hydrogen) atoms. The van der Waals surface area contributed by atoms with Gasteiger partial charge in [0, 0.05) is 13.1 Å². The quantitative estimate of drug-likeness (QED) is 0.740. The molecule has 7 heteroatoms. The predicted octanol–water partition coefficient (Wildman–Crippen LogP) is 2.07. The minimum absolute atomic E-state index is 0.0459. The first-order valence-corrected chi connectivity index (χ1v) is 7.75. The van der Waals surface area contributed by atoms with E-state index >= 15 is 0 Å². The molecule has 0 radical (unpaired) electrons. The summed E-state index contributed by atoms with van der Waals surface area (Å²) in [6.07, 6.45) is 2.46. The molecule has 0 spiro atoms. The van der Waals surface area contributed by atoms with E-state index in [1.165, 1.54) is 11.3 Å². The molecular formula is C14H17N5OS. The number of nitrogens with zero attached hydrogens (tertiary/aromatic N) is 5. The van der Waals surface area contributed by atoms with Gasteiger partial charge in [0.25, 0.3) is 5.56 Å². The summed E-state index contributed by atoms with van der Waals surface area (Å²) in [4.78, 5) is 21.0. The van der Waals surface area contributed by atoms with E-state index in [1.54, 1.807) is 10.9 Å². The van der Waals surface area contributed by atoms with Gasteiger partial charge >= 0.3 is 0 Å². The van der Waals surface area contributed by atoms with E-state index in [4.69, 9.17) is 0 Å². The molecule has 0 bridgehead atoms. The Hall–Kier alpha value is -2.02. The summed E-state index contributed by atoms with van der Waals surface area (Å²) in [6, 6.07) is 0. The second kappa shape index (κ2) is 5.40. The van der Waals surface area contributed by atoms with Crippen LogP contribution in [0.15, 0.2) is 16.5 Å². The van der Waals surface area contributed by atoms with Crippen molar-refractivity contribution in [2.24, 2.45) is 0 Å². The monoisotopic (exact) mass is 303 g/mol. The second-order valence-electron chi connectivity index (χ2n) is 5.12. The third kappa shape index (κ3) is 2.61. The third-order valence-corrected chi connectivity index (χ3v) is 4.53. The molecule has 0 fully saturated rings. The summed E-state index contributed by atoms with van der Waals surface area (Å²) in [5.74, 6) is 1.68. The fourth-order valence-electron chi connectivity index (χ4n) is 2.38. The van der Waals surface area contributed by atoms with Gasteiger partial charge in [-0.3, -0.25) is 14.0 Å². The molecular weight excluding hydrogens is 286 g/mol. The zero-order valence-electron chi connectivity index (χ0n) is 12.3. The first kappa shape index (κ1) is 13.9. The largest absolute Gasteiger partial charge is 0.298 e. The van der Waals surface area contributed by atoms with Crippen LogP contribution in [0.2, 0.25) is 0 Å². The Labute approximate surface area is 126 Å². The van der Waals surface area contributed by atoms with Crippen molar-refractivity contribution >= 4 is 21.6 Å². The standard InChI is InChI=1S/C14H17N5OS/c1-9-7-21-13-12(9)15-8-18(14(13)20)5-4-6-19-11(3)16-10(2)17-19/h7-8H,4-6H2,1-3H3. The Bertz CT molecular complexity index is 845. The van der Waals surface area contributed by atoms with Crippen LogP contribution in [0.3, 0.4) is 0 Å². The van der Waals surface area contributed by atoms with Crippen LogP contribution in [0.5, 0.6) is 0 Å². The van der Waals surface area contributed by atoms with Gasteiger partial charge in [0.1, 0.15) is 16.3 Å². The molecule has 0 aromatic carbocycles. The Morgan fingerprint density at radius 2 is 2.05 bits per heavy atom. The highest BCUT2D eigenvalue weighted by Gasteiger charge is 2.08. The van der Waals surface area contributed by atoms with Gasteiger partial charge in [-0.2, -0.15) is 5.10 Å². The van der Waals surface area contributed by atoms with Crippen LogP contribution in [0.1, 0.15) is 23.6 Å². The van der Waals surface area contributed by atoms with Crippen molar-refractivity contribution in [3.63, 3.8) is 0 Å². The minimum Gasteiger partial charge on any atom is -0.298 e. The summed E-state index contributed by atoms with van der Waals surface area (Å²) < 4.78 is 4.29. The summed E-state index contributed by atoms with van der Waals surface area (Å²) in [5, 5.41) is 6.30. The maximum atomic E-state index is 12.4. The molecule has 0 unspecified atom stereocenters. The van der Waals surface area contributed by atoms with Gasteiger partial charge in [-0.15, -0.1) is 11.3 Å². The average Bonchev–Trinajstić information content (AvgIpc) is 2.96. The van der Waals surface area contributed by atoms with Crippen LogP contribution in [0.4, 0.5) is 0 Å². The van der Waals surface area contributed by atoms with Crippen molar-refractivity contribution in [1.82, 2.24) is 24.3 Å². The maximum absolute atomic E-state index is 12.4. The van der Waals surface area contributed by atoms with Crippen molar-refractivity contribution in [2.45, 2.75) is 40.3 Å². The Morgan fingerprint density at radius 1 is 1.24 bits per heavy atom. The van der Waals surface area contributed by atoms with E-state index in [0.717, 1.165) is 40.4 Å². The molecule has 3 heterocycles. The van der Waals surface area contributed by atoms with Crippen LogP contribution >= 0.6 is 11.3 Å². The number of aromatic nitrogens is 5. The van der Waals surface area contributed by atoms with E-state index in [9.17, 15) is 4.79 Å². The highest BCUT2D eigenvalue weighted by atomic mass is 32.1. The summed E-state index contributed by atoms with van der Waals surface area (Å²) in [5.41, 5.74) is 1.93. The van der Waals surface area contributed by atoms with Gasteiger partial charge in [-0.05, 0) is 38.1 Å². The molecule has 0 aliphatic heterocycles. The zero-order chi connectivity index (χ0) is 15.0. The topological polar surface area (TPSA) is 65.6 Å². The lowest BCUT2D eigenvalue weighted by Gasteiger charge is -2.06. The van der Waals surface area contributed by atoms with E-state index in [0.29, 0.717) is 6.54 Å². The number of thiophene rings is 1. The van der Waals surface area contributed by atoms with Gasteiger partial charge in [-0.1, -0.05) is 0 Å². The molecule has 0 aliphatic carbocycles. The molecule has 3 aromatic heterocycles. The van der Waals surface area contributed by atoms with Gasteiger partial charge in [0.15, 0.2) is 0 Å². The highest BCUT2D eigenvalue weighted by Crippen LogP contribution is 2.19. The van der Waals surface area contributed by atoms with Crippen molar-refractivity contribution in [1.29, 1.82) is 0 Å². The molecule has 0 atom stereocenters. The Balaban J connectivity index is 1.75. The summed E-state index contributed by atoms with van der Waals surface area (Å²) in [6.45, 7) is 7.18. The molecule has 0 amide bonds. The molecule has 0 saturated heterocycles. The number of aryl methyl sites for hydroxylation is 5. The van der Waals surface area contributed by atoms with Crippen molar-refractivity contribution < 1.29 is 0 Å². The Morgan fingerprint density at radius 3 is 2.76 bits per heavy atom. The fraction of sp³-hybridized carbons (Fsp3) is 0.429. The number of rotatable bonds is 4. The van der Waals surface area contributed by atoms with Crippen molar-refractivity contribution in [3.05, 3.63) is 39.3 Å². The van der Waals surface area contributed by atoms with Crippen molar-refractivity contribution in [2.75, 3.05) is 0 Å². The number of hydrogen-bond acceptors (Lipinski definition) is 5. The van der Waals surface area contributed by atoms with Gasteiger partial charge in [0.05, 0.1) is 11.8 Å². The molecule has 110 valence electrons. The first-order chi connectivity index (χ1) is 10.1. The smallest absolute Gasteiger partial charge is 0.271 e. The summed E-state index contributed by atoms with van der Waals surface area (Å²) >= 11 is 1.47. The van der Waals surface area contributed by atoms with Crippen LogP contribution < -0.4 is 5.56 Å². The van der Waals surface area contributed by atoms with Crippen LogP contribution in [0, 0.1) is 20.8 Å². The van der Waals surface area contributed by atoms with Crippen LogP contribution in [0.25, 0.3) is 10.2 Å². The minimum atomic E-state index is 0.0459. The van der Waals surface area contributed by atoms with Gasteiger partial charge in [-0.25, -0.2) is 9.97 Å². The lowest BCUT2D eigenvalue weighted by atomic mass is 10.3. The molecule has 6 nitrogen and oxygen atoms in total. The molecule has 0 aliphatic rings. The lowest BCUT2D eigenvalue weighted by molar-refractivity contribution is 0.507. The van der Waals surface area contributed by atoms with E-state index in [2.05, 4.69) is 15.1 Å². The third-order valence-electron chi connectivity index (χ3n) is 3.45. The zero-order valence-corrected chi connectivity index (χ0v) is 13.1. The number of hydrogen-bond donors (Lipinski definition) is 0. The summed E-state index contributed by atoms with van der Waals surface area (Å²) in [7, 11) is 0. The van der Waals surface area contributed by atoms with E-state index < -0.39 is 0 Å². The van der Waals surface area contributed by atoms with Gasteiger partial charge in [0.2, 0.25) is 0 Å². The first-order valence-electron chi connectivity index (χ1n) is 6.87. The lowest BCUT2D eigenvalue weighted by Crippen LogP contribution is -2.20. The van der Waals surface area contributed by atoms with Crippen LogP contribution in [-0.2, 0) is 13.1 Å². The molecule has 3 rings (SSSR count). The normalized spacial score (nSPS) is 11.4. The molecule has 0 saturated carbocycles. The van der Waals surface area contributed by atoms with Crippen molar-refractivity contribution in [3.8, 4) is 0 Å². The molecule has 0 N–H and O–H groups in total. The van der Waals surface area contributed by atoms with E-state index in [-0.39, 0.29) is 5.56 Å². The molecule has 3 aromatic rings. The van der Waals surface area contributed by atoms with Crippen LogP contribution in [-0.4, -0.2) is 24.3 Å². The maximum Gasteiger partial charge on any atom is 0.271 e. The SMILES string of the molecule is Cc1nc(C)n(CCCn2cnc3c(C)csc3c2=O)n1. The fourth-order valence-corrected chi connectivity index (χ4v) is 3.33. The predicted molar refractivity (Wildman–Crippen MR) is 82.7 cm³/mol. The van der Waals surface area contributed by atoms with E-state index in [1.807, 2.05) is 30.8 Å². The Kier molecular flexibility index (Phi) is 3.59. The highest BCUT2D eigenvalue weighted by molar-refractivity contribution is 7.17. The van der Waals surface area contributed by atoms with Gasteiger partial charge < -0.3 is 0 Å².